The van der Waals surface area contributed by atoms with Gasteiger partial charge in [-0.1, -0.05) is 6.07 Å². The minimum atomic E-state index is 0.126. The molecule has 0 amide bonds. The van der Waals surface area contributed by atoms with Gasteiger partial charge in [-0.2, -0.15) is 0 Å². The first-order valence-corrected chi connectivity index (χ1v) is 11.3. The number of nitrogens with zero attached hydrogens (tertiary/aromatic N) is 5. The van der Waals surface area contributed by atoms with E-state index >= 15 is 0 Å². The van der Waals surface area contributed by atoms with Crippen LogP contribution in [0.2, 0.25) is 0 Å². The second kappa shape index (κ2) is 10.6. The molecule has 4 rings (SSSR count). The molecule has 4 heterocycles. The number of aliphatic imine (C=N–C) groups is 1. The molecule has 0 bridgehead atoms. The number of furan rings is 1. The molecule has 1 atom stereocenters. The van der Waals surface area contributed by atoms with Crippen molar-refractivity contribution in [2.75, 3.05) is 70.5 Å². The summed E-state index contributed by atoms with van der Waals surface area (Å²) in [5.74, 6) is 3.95. The lowest BCUT2D eigenvalue weighted by Gasteiger charge is -2.37. The molecule has 2 aliphatic rings. The van der Waals surface area contributed by atoms with Crippen LogP contribution in [0.5, 0.6) is 0 Å². The van der Waals surface area contributed by atoms with Gasteiger partial charge in [-0.3, -0.25) is 9.89 Å². The zero-order chi connectivity index (χ0) is 21.5. The summed E-state index contributed by atoms with van der Waals surface area (Å²) in [7, 11) is 0. The van der Waals surface area contributed by atoms with Crippen LogP contribution in [0.3, 0.4) is 0 Å². The molecule has 1 N–H and O–H groups in total. The molecule has 2 aliphatic heterocycles. The molecule has 0 radical (unpaired) electrons. The Balaban J connectivity index is 1.44. The number of pyridine rings is 1. The van der Waals surface area contributed by atoms with E-state index in [2.05, 4.69) is 44.1 Å². The summed E-state index contributed by atoms with van der Waals surface area (Å²) in [4.78, 5) is 16.7. The summed E-state index contributed by atoms with van der Waals surface area (Å²) in [5.41, 5.74) is 0. The zero-order valence-corrected chi connectivity index (χ0v) is 18.7. The number of guanidine groups is 1. The largest absolute Gasteiger partial charge is 0.465 e. The van der Waals surface area contributed by atoms with Crippen LogP contribution in [0.15, 0.2) is 45.9 Å². The number of hydrogen-bond acceptors (Lipinski definition) is 6. The fourth-order valence-electron chi connectivity index (χ4n) is 4.19. The zero-order valence-electron chi connectivity index (χ0n) is 18.7. The minimum Gasteiger partial charge on any atom is -0.465 e. The van der Waals surface area contributed by atoms with Crippen molar-refractivity contribution in [1.29, 1.82) is 0 Å². The molecule has 0 saturated carbocycles. The number of hydrogen-bond donors (Lipinski definition) is 1. The number of morpholine rings is 1. The second-order valence-corrected chi connectivity index (χ2v) is 7.97. The molecule has 0 spiro atoms. The van der Waals surface area contributed by atoms with Crippen LogP contribution < -0.4 is 10.2 Å². The average molecular weight is 427 g/mol. The molecule has 2 fully saturated rings. The van der Waals surface area contributed by atoms with E-state index in [1.807, 2.05) is 31.3 Å². The fraction of sp³-hybridized carbons (Fsp3) is 0.565. The van der Waals surface area contributed by atoms with Gasteiger partial charge >= 0.3 is 0 Å². The molecular formula is C23H34N6O2. The maximum Gasteiger partial charge on any atom is 0.194 e. The highest BCUT2D eigenvalue weighted by atomic mass is 16.5. The Kier molecular flexibility index (Phi) is 7.43. The summed E-state index contributed by atoms with van der Waals surface area (Å²) in [6, 6.07) is 10.3. The molecule has 31 heavy (non-hydrogen) atoms. The van der Waals surface area contributed by atoms with E-state index in [0.29, 0.717) is 6.54 Å². The Morgan fingerprint density at radius 3 is 2.55 bits per heavy atom. The number of ether oxygens (including phenoxy) is 1. The number of piperazine rings is 1. The highest BCUT2D eigenvalue weighted by molar-refractivity contribution is 5.80. The van der Waals surface area contributed by atoms with Crippen molar-refractivity contribution in [2.45, 2.75) is 19.9 Å². The summed E-state index contributed by atoms with van der Waals surface area (Å²) >= 11 is 0. The Morgan fingerprint density at radius 2 is 1.90 bits per heavy atom. The lowest BCUT2D eigenvalue weighted by Crippen LogP contribution is -2.53. The third kappa shape index (κ3) is 5.57. The Labute approximate surface area is 184 Å². The molecule has 0 aromatic carbocycles. The van der Waals surface area contributed by atoms with Gasteiger partial charge in [0.05, 0.1) is 25.8 Å². The molecule has 2 saturated heterocycles. The van der Waals surface area contributed by atoms with Gasteiger partial charge in [-0.15, -0.1) is 0 Å². The summed E-state index contributed by atoms with van der Waals surface area (Å²) in [6.45, 7) is 12.7. The van der Waals surface area contributed by atoms with Gasteiger partial charge in [-0.25, -0.2) is 4.98 Å². The quantitative estimate of drug-likeness (QED) is 0.561. The number of aromatic nitrogens is 1. The SMILES string of the molecule is CCNC(=NCC(c1ccc(C)o1)N1CCOCC1)N1CCN(c2ccccn2)CC1. The van der Waals surface area contributed by atoms with E-state index in [0.717, 1.165) is 82.3 Å². The van der Waals surface area contributed by atoms with Gasteiger partial charge in [0.15, 0.2) is 5.96 Å². The van der Waals surface area contributed by atoms with Crippen LogP contribution in [0.25, 0.3) is 0 Å². The monoisotopic (exact) mass is 426 g/mol. The Hall–Kier alpha value is -2.58. The molecular weight excluding hydrogens is 392 g/mol. The van der Waals surface area contributed by atoms with E-state index in [9.17, 15) is 0 Å². The highest BCUT2D eigenvalue weighted by Gasteiger charge is 2.26. The molecule has 168 valence electrons. The van der Waals surface area contributed by atoms with Crippen LogP contribution in [-0.2, 0) is 4.74 Å². The van der Waals surface area contributed by atoms with E-state index in [4.69, 9.17) is 14.1 Å². The van der Waals surface area contributed by atoms with Gasteiger partial charge in [0.1, 0.15) is 17.3 Å². The third-order valence-corrected chi connectivity index (χ3v) is 5.88. The van der Waals surface area contributed by atoms with Crippen LogP contribution in [0.1, 0.15) is 24.5 Å². The molecule has 1 unspecified atom stereocenters. The number of anilines is 1. The second-order valence-electron chi connectivity index (χ2n) is 7.97. The van der Waals surface area contributed by atoms with Gasteiger partial charge in [0, 0.05) is 52.0 Å². The van der Waals surface area contributed by atoms with E-state index in [1.54, 1.807) is 0 Å². The summed E-state index contributed by atoms with van der Waals surface area (Å²) in [6.07, 6.45) is 1.86. The van der Waals surface area contributed by atoms with E-state index in [-0.39, 0.29) is 6.04 Å². The van der Waals surface area contributed by atoms with Gasteiger partial charge < -0.3 is 24.3 Å². The third-order valence-electron chi connectivity index (χ3n) is 5.88. The lowest BCUT2D eigenvalue weighted by atomic mass is 10.1. The molecule has 8 nitrogen and oxygen atoms in total. The summed E-state index contributed by atoms with van der Waals surface area (Å²) in [5, 5.41) is 3.49. The van der Waals surface area contributed by atoms with Crippen LogP contribution in [0.4, 0.5) is 5.82 Å². The highest BCUT2D eigenvalue weighted by Crippen LogP contribution is 2.24. The Bertz CT molecular complexity index is 826. The molecule has 8 heteroatoms. The van der Waals surface area contributed by atoms with Crippen molar-refractivity contribution in [3.8, 4) is 0 Å². The van der Waals surface area contributed by atoms with E-state index < -0.39 is 0 Å². The lowest BCUT2D eigenvalue weighted by molar-refractivity contribution is 0.0135. The first kappa shape index (κ1) is 21.6. The standard InChI is InChI=1S/C23H34N6O2/c1-3-24-23(29-12-10-28(11-13-29)22-6-4-5-9-25-22)26-18-20(21-8-7-19(2)31-21)27-14-16-30-17-15-27/h4-9,20H,3,10-18H2,1-2H3,(H,24,26). The van der Waals surface area contributed by atoms with E-state index in [1.165, 1.54) is 0 Å². The minimum absolute atomic E-state index is 0.126. The van der Waals surface area contributed by atoms with Gasteiger partial charge in [-0.05, 0) is 38.1 Å². The van der Waals surface area contributed by atoms with Crippen LogP contribution in [-0.4, -0.2) is 86.3 Å². The predicted molar refractivity (Wildman–Crippen MR) is 123 cm³/mol. The predicted octanol–water partition coefficient (Wildman–Crippen LogP) is 2.14. The van der Waals surface area contributed by atoms with Gasteiger partial charge in [0.25, 0.3) is 0 Å². The topological polar surface area (TPSA) is 69.4 Å². The number of aryl methyl sites for hydroxylation is 1. The first-order valence-electron chi connectivity index (χ1n) is 11.3. The number of nitrogens with one attached hydrogen (secondary N) is 1. The molecule has 2 aromatic rings. The first-order chi connectivity index (χ1) is 15.2. The van der Waals surface area contributed by atoms with Crippen molar-refractivity contribution in [1.82, 2.24) is 20.1 Å². The van der Waals surface area contributed by atoms with Crippen molar-refractivity contribution < 1.29 is 9.15 Å². The molecule has 2 aromatic heterocycles. The maximum absolute atomic E-state index is 6.00. The van der Waals surface area contributed by atoms with Crippen LogP contribution >= 0.6 is 0 Å². The summed E-state index contributed by atoms with van der Waals surface area (Å²) < 4.78 is 11.6. The van der Waals surface area contributed by atoms with Crippen molar-refractivity contribution >= 4 is 11.8 Å². The van der Waals surface area contributed by atoms with Gasteiger partial charge in [0.2, 0.25) is 0 Å². The van der Waals surface area contributed by atoms with Crippen LogP contribution in [0, 0.1) is 6.92 Å². The molecule has 0 aliphatic carbocycles. The normalized spacial score (nSPS) is 19.5. The fourth-order valence-corrected chi connectivity index (χ4v) is 4.19. The van der Waals surface area contributed by atoms with Crippen molar-refractivity contribution in [2.24, 2.45) is 4.99 Å². The number of rotatable bonds is 6. The van der Waals surface area contributed by atoms with Crippen molar-refractivity contribution in [3.05, 3.63) is 48.0 Å². The Morgan fingerprint density at radius 1 is 1.10 bits per heavy atom. The smallest absolute Gasteiger partial charge is 0.194 e. The van der Waals surface area contributed by atoms with Crippen molar-refractivity contribution in [3.63, 3.8) is 0 Å². The average Bonchev–Trinajstić information content (AvgIpc) is 3.26. The maximum atomic E-state index is 6.00.